The summed E-state index contributed by atoms with van der Waals surface area (Å²) >= 11 is 0. The van der Waals surface area contributed by atoms with Gasteiger partial charge < -0.3 is 9.15 Å². The van der Waals surface area contributed by atoms with Crippen molar-refractivity contribution in [1.29, 1.82) is 0 Å². The van der Waals surface area contributed by atoms with Crippen LogP contribution in [-0.2, 0) is 11.3 Å². The molecule has 2 rings (SSSR count). The molecule has 1 atom stereocenters. The molecular formula is C11H17N3O3. The Labute approximate surface area is 99.7 Å². The second-order valence-corrected chi connectivity index (χ2v) is 4.16. The Morgan fingerprint density at radius 3 is 3.24 bits per heavy atom. The van der Waals surface area contributed by atoms with E-state index in [4.69, 9.17) is 15.0 Å². The monoisotopic (exact) mass is 239 g/mol. The third-order valence-electron chi connectivity index (χ3n) is 2.99. The number of amides is 1. The fourth-order valence-electron chi connectivity index (χ4n) is 2.02. The molecule has 0 aromatic carbocycles. The van der Waals surface area contributed by atoms with Gasteiger partial charge in [0.1, 0.15) is 12.0 Å². The molecule has 2 heterocycles. The lowest BCUT2D eigenvalue weighted by atomic mass is 10.3. The summed E-state index contributed by atoms with van der Waals surface area (Å²) in [5, 5.41) is 0. The van der Waals surface area contributed by atoms with E-state index in [-0.39, 0.29) is 5.91 Å². The van der Waals surface area contributed by atoms with E-state index in [0.717, 1.165) is 25.3 Å². The fraction of sp³-hybridized carbons (Fsp3) is 0.545. The fourth-order valence-corrected chi connectivity index (χ4v) is 2.02. The molecule has 6 heteroatoms. The number of nitrogens with one attached hydrogen (secondary N) is 1. The Balaban J connectivity index is 1.91. The lowest BCUT2D eigenvalue weighted by Gasteiger charge is -2.13. The molecule has 1 saturated heterocycles. The molecule has 94 valence electrons. The van der Waals surface area contributed by atoms with Gasteiger partial charge in [0.15, 0.2) is 0 Å². The average molecular weight is 239 g/mol. The van der Waals surface area contributed by atoms with Crippen LogP contribution in [0.1, 0.15) is 22.5 Å². The molecular weight excluding hydrogens is 222 g/mol. The van der Waals surface area contributed by atoms with Gasteiger partial charge in [0, 0.05) is 20.2 Å². The predicted octanol–water partition coefficient (Wildman–Crippen LogP) is 0.104. The summed E-state index contributed by atoms with van der Waals surface area (Å²) in [4.78, 5) is 13.5. The van der Waals surface area contributed by atoms with Crippen LogP contribution < -0.4 is 11.3 Å². The Morgan fingerprint density at radius 1 is 1.76 bits per heavy atom. The van der Waals surface area contributed by atoms with E-state index < -0.39 is 0 Å². The number of likely N-dealkylation sites (tertiary alicyclic amines) is 1. The summed E-state index contributed by atoms with van der Waals surface area (Å²) in [7, 11) is 1.73. The van der Waals surface area contributed by atoms with Crippen LogP contribution in [0, 0.1) is 0 Å². The number of methoxy groups -OCH3 is 1. The Bertz CT molecular complexity index is 391. The summed E-state index contributed by atoms with van der Waals surface area (Å²) in [6.07, 6.45) is 2.76. The second-order valence-electron chi connectivity index (χ2n) is 4.16. The van der Waals surface area contributed by atoms with Crippen molar-refractivity contribution in [2.75, 3.05) is 20.2 Å². The highest BCUT2D eigenvalue weighted by molar-refractivity contribution is 5.93. The first-order valence-electron chi connectivity index (χ1n) is 5.56. The molecule has 1 aliphatic rings. The van der Waals surface area contributed by atoms with Crippen molar-refractivity contribution in [3.63, 3.8) is 0 Å². The predicted molar refractivity (Wildman–Crippen MR) is 61.1 cm³/mol. The van der Waals surface area contributed by atoms with Gasteiger partial charge >= 0.3 is 0 Å². The third kappa shape index (κ3) is 2.85. The van der Waals surface area contributed by atoms with Crippen molar-refractivity contribution in [2.24, 2.45) is 5.84 Å². The highest BCUT2D eigenvalue weighted by Gasteiger charge is 2.23. The lowest BCUT2D eigenvalue weighted by Crippen LogP contribution is -2.29. The SMILES string of the molecule is COC1CCN(Cc2cc(C(=O)NN)co2)C1. The Morgan fingerprint density at radius 2 is 2.59 bits per heavy atom. The van der Waals surface area contributed by atoms with Gasteiger partial charge in [0.2, 0.25) is 0 Å². The first-order chi connectivity index (χ1) is 8.22. The second kappa shape index (κ2) is 5.31. The first kappa shape index (κ1) is 12.1. The van der Waals surface area contributed by atoms with Gasteiger partial charge in [-0.2, -0.15) is 0 Å². The maximum absolute atomic E-state index is 11.2. The molecule has 1 aromatic rings. The van der Waals surface area contributed by atoms with E-state index in [1.54, 1.807) is 13.2 Å². The minimum absolute atomic E-state index is 0.303. The number of carbonyl (C=O) groups is 1. The average Bonchev–Trinajstić information content (AvgIpc) is 2.97. The van der Waals surface area contributed by atoms with Crippen LogP contribution in [0.4, 0.5) is 0 Å². The maximum atomic E-state index is 11.2. The van der Waals surface area contributed by atoms with Crippen molar-refractivity contribution in [3.8, 4) is 0 Å². The number of hydrazine groups is 1. The molecule has 1 amide bonds. The normalized spacial score (nSPS) is 20.7. The van der Waals surface area contributed by atoms with E-state index in [1.165, 1.54) is 6.26 Å². The minimum Gasteiger partial charge on any atom is -0.467 e. The molecule has 1 fully saturated rings. The van der Waals surface area contributed by atoms with Crippen LogP contribution in [0.3, 0.4) is 0 Å². The molecule has 0 aliphatic carbocycles. The summed E-state index contributed by atoms with van der Waals surface area (Å²) in [6.45, 7) is 2.57. The summed E-state index contributed by atoms with van der Waals surface area (Å²) < 4.78 is 10.6. The molecule has 1 unspecified atom stereocenters. The van der Waals surface area contributed by atoms with Gasteiger partial charge in [-0.05, 0) is 12.5 Å². The quantitative estimate of drug-likeness (QED) is 0.442. The number of ether oxygens (including phenoxy) is 1. The van der Waals surface area contributed by atoms with E-state index in [1.807, 2.05) is 0 Å². The van der Waals surface area contributed by atoms with Gasteiger partial charge in [-0.15, -0.1) is 0 Å². The lowest BCUT2D eigenvalue weighted by molar-refractivity contribution is 0.0953. The largest absolute Gasteiger partial charge is 0.467 e. The summed E-state index contributed by atoms with van der Waals surface area (Å²) in [6, 6.07) is 1.71. The standard InChI is InChI=1S/C11H17N3O3/c1-16-9-2-3-14(5-9)6-10-4-8(7-17-10)11(15)13-12/h4,7,9H,2-3,5-6,12H2,1H3,(H,13,15). The van der Waals surface area contributed by atoms with Crippen molar-refractivity contribution < 1.29 is 13.9 Å². The van der Waals surface area contributed by atoms with Crippen molar-refractivity contribution in [2.45, 2.75) is 19.1 Å². The molecule has 1 aliphatic heterocycles. The zero-order valence-electron chi connectivity index (χ0n) is 9.81. The van der Waals surface area contributed by atoms with E-state index in [2.05, 4.69) is 10.3 Å². The third-order valence-corrected chi connectivity index (χ3v) is 2.99. The van der Waals surface area contributed by atoms with E-state index in [0.29, 0.717) is 18.2 Å². The smallest absolute Gasteiger partial charge is 0.268 e. The number of nitrogen functional groups attached to an aromatic ring is 1. The van der Waals surface area contributed by atoms with Crippen molar-refractivity contribution in [1.82, 2.24) is 10.3 Å². The zero-order chi connectivity index (χ0) is 12.3. The minimum atomic E-state index is -0.337. The molecule has 0 spiro atoms. The first-order valence-corrected chi connectivity index (χ1v) is 5.56. The number of hydrogen-bond acceptors (Lipinski definition) is 5. The van der Waals surface area contributed by atoms with Gasteiger partial charge in [0.25, 0.3) is 5.91 Å². The van der Waals surface area contributed by atoms with Crippen molar-refractivity contribution >= 4 is 5.91 Å². The van der Waals surface area contributed by atoms with E-state index in [9.17, 15) is 4.79 Å². The van der Waals surface area contributed by atoms with Gasteiger partial charge in [-0.3, -0.25) is 15.1 Å². The van der Waals surface area contributed by atoms with Gasteiger partial charge in [-0.25, -0.2) is 5.84 Å². The van der Waals surface area contributed by atoms with E-state index >= 15 is 0 Å². The van der Waals surface area contributed by atoms with Gasteiger partial charge in [0.05, 0.1) is 18.2 Å². The molecule has 3 N–H and O–H groups in total. The maximum Gasteiger partial charge on any atom is 0.268 e. The number of furan rings is 1. The van der Waals surface area contributed by atoms with Crippen LogP contribution in [-0.4, -0.2) is 37.1 Å². The highest BCUT2D eigenvalue weighted by atomic mass is 16.5. The van der Waals surface area contributed by atoms with Crippen LogP contribution in [0.5, 0.6) is 0 Å². The molecule has 1 aromatic heterocycles. The molecule has 0 saturated carbocycles. The number of nitrogens with two attached hydrogens (primary N) is 1. The Hall–Kier alpha value is -1.37. The molecule has 0 radical (unpaired) electrons. The zero-order valence-corrected chi connectivity index (χ0v) is 9.81. The Kier molecular flexibility index (Phi) is 3.78. The highest BCUT2D eigenvalue weighted by Crippen LogP contribution is 2.16. The molecule has 0 bridgehead atoms. The van der Waals surface area contributed by atoms with Crippen LogP contribution in [0.25, 0.3) is 0 Å². The number of rotatable bonds is 4. The topological polar surface area (TPSA) is 80.7 Å². The number of nitrogens with zero attached hydrogens (tertiary/aromatic N) is 1. The number of carbonyl (C=O) groups excluding carboxylic acids is 1. The van der Waals surface area contributed by atoms with Crippen LogP contribution in [0.15, 0.2) is 16.7 Å². The van der Waals surface area contributed by atoms with Crippen LogP contribution >= 0.6 is 0 Å². The number of hydrogen-bond donors (Lipinski definition) is 2. The van der Waals surface area contributed by atoms with Crippen LogP contribution in [0.2, 0.25) is 0 Å². The van der Waals surface area contributed by atoms with Gasteiger partial charge in [-0.1, -0.05) is 0 Å². The molecule has 6 nitrogen and oxygen atoms in total. The molecule has 17 heavy (non-hydrogen) atoms. The summed E-state index contributed by atoms with van der Waals surface area (Å²) in [5.41, 5.74) is 2.52. The van der Waals surface area contributed by atoms with Crippen molar-refractivity contribution in [3.05, 3.63) is 23.7 Å². The summed E-state index contributed by atoms with van der Waals surface area (Å²) in [5.74, 6) is 5.47.